The van der Waals surface area contributed by atoms with Crippen molar-refractivity contribution >= 4 is 34.6 Å². The molecule has 2 N–H and O–H groups in total. The van der Waals surface area contributed by atoms with Gasteiger partial charge in [-0.15, -0.1) is 0 Å². The van der Waals surface area contributed by atoms with Gasteiger partial charge in [-0.05, 0) is 69.9 Å². The van der Waals surface area contributed by atoms with Crippen molar-refractivity contribution in [1.82, 2.24) is 20.2 Å². The number of amides is 2. The topological polar surface area (TPSA) is 87.3 Å². The van der Waals surface area contributed by atoms with Gasteiger partial charge in [0.2, 0.25) is 5.91 Å². The molecule has 186 valence electrons. The van der Waals surface area contributed by atoms with E-state index in [1.165, 1.54) is 0 Å². The van der Waals surface area contributed by atoms with E-state index in [1.54, 1.807) is 0 Å². The van der Waals surface area contributed by atoms with Gasteiger partial charge in [0.1, 0.15) is 11.4 Å². The largest absolute Gasteiger partial charge is 0.444 e. The molecule has 1 aromatic heterocycles. The smallest absolute Gasteiger partial charge is 0.407 e. The maximum atomic E-state index is 13.4. The van der Waals surface area contributed by atoms with Gasteiger partial charge in [-0.25, -0.2) is 9.78 Å². The third-order valence-electron chi connectivity index (χ3n) is 6.11. The van der Waals surface area contributed by atoms with E-state index in [0.29, 0.717) is 24.5 Å². The van der Waals surface area contributed by atoms with Crippen LogP contribution in [-0.2, 0) is 16.0 Å². The number of halogens is 1. The number of hydrogen-bond donors (Lipinski definition) is 2. The number of para-hydroxylation sites is 2. The Hall–Kier alpha value is -3.06. The molecule has 0 bridgehead atoms. The zero-order valence-electron chi connectivity index (χ0n) is 20.5. The van der Waals surface area contributed by atoms with Gasteiger partial charge in [0.25, 0.3) is 0 Å². The standard InChI is InChI=1S/C27H33ClN4O3/c1-27(2,3)35-26(34)29-21(15-18-10-12-20(28)13-11-18)16-24(33)32-14-6-7-19(17-32)25-30-22-8-4-5-9-23(22)31-25/h4-5,8-13,19,21H,6-7,14-17H2,1-3H3,(H,29,34)(H,30,31). The minimum Gasteiger partial charge on any atom is -0.444 e. The second-order valence-electron chi connectivity index (χ2n) is 10.2. The highest BCUT2D eigenvalue weighted by atomic mass is 35.5. The molecule has 0 radical (unpaired) electrons. The second kappa shape index (κ2) is 10.7. The number of carbonyl (C=O) groups is 2. The summed E-state index contributed by atoms with van der Waals surface area (Å²) in [6.45, 7) is 6.77. The first kappa shape index (κ1) is 25.0. The van der Waals surface area contributed by atoms with Crippen molar-refractivity contribution in [2.45, 2.75) is 64.0 Å². The lowest BCUT2D eigenvalue weighted by Gasteiger charge is -2.33. The molecule has 0 aliphatic carbocycles. The fraction of sp³-hybridized carbons (Fsp3) is 0.444. The number of likely N-dealkylation sites (tertiary alicyclic amines) is 1. The Labute approximate surface area is 211 Å². The number of rotatable bonds is 6. The van der Waals surface area contributed by atoms with Gasteiger partial charge in [0.15, 0.2) is 0 Å². The summed E-state index contributed by atoms with van der Waals surface area (Å²) < 4.78 is 5.45. The number of benzene rings is 2. The average Bonchev–Trinajstić information content (AvgIpc) is 3.24. The van der Waals surface area contributed by atoms with Crippen LogP contribution in [-0.4, -0.2) is 51.6 Å². The molecule has 1 fully saturated rings. The van der Waals surface area contributed by atoms with E-state index in [1.807, 2.05) is 74.2 Å². The maximum Gasteiger partial charge on any atom is 0.407 e. The molecule has 2 atom stereocenters. The van der Waals surface area contributed by atoms with E-state index >= 15 is 0 Å². The Morgan fingerprint density at radius 1 is 1.20 bits per heavy atom. The molecule has 2 amide bonds. The quantitative estimate of drug-likeness (QED) is 0.475. The van der Waals surface area contributed by atoms with Crippen molar-refractivity contribution < 1.29 is 14.3 Å². The third-order valence-corrected chi connectivity index (χ3v) is 6.36. The maximum absolute atomic E-state index is 13.4. The first-order valence-corrected chi connectivity index (χ1v) is 12.5. The number of nitrogens with zero attached hydrogens (tertiary/aromatic N) is 2. The van der Waals surface area contributed by atoms with Gasteiger partial charge in [0.05, 0.1) is 11.0 Å². The second-order valence-corrected chi connectivity index (χ2v) is 10.6. The molecule has 2 unspecified atom stereocenters. The molecule has 0 spiro atoms. The predicted octanol–water partition coefficient (Wildman–Crippen LogP) is 5.45. The van der Waals surface area contributed by atoms with Gasteiger partial charge >= 0.3 is 6.09 Å². The van der Waals surface area contributed by atoms with Crippen molar-refractivity contribution in [3.05, 3.63) is 64.9 Å². The monoisotopic (exact) mass is 496 g/mol. The van der Waals surface area contributed by atoms with Crippen molar-refractivity contribution in [2.24, 2.45) is 0 Å². The van der Waals surface area contributed by atoms with E-state index < -0.39 is 17.7 Å². The van der Waals surface area contributed by atoms with Crippen LogP contribution in [0.5, 0.6) is 0 Å². The molecule has 1 saturated heterocycles. The fourth-order valence-corrected chi connectivity index (χ4v) is 4.61. The van der Waals surface area contributed by atoms with Crippen molar-refractivity contribution in [1.29, 1.82) is 0 Å². The Balaban J connectivity index is 1.44. The van der Waals surface area contributed by atoms with E-state index in [2.05, 4.69) is 10.3 Å². The van der Waals surface area contributed by atoms with Crippen LogP contribution >= 0.6 is 11.6 Å². The van der Waals surface area contributed by atoms with Crippen LogP contribution in [0.25, 0.3) is 11.0 Å². The molecule has 4 rings (SSSR count). The summed E-state index contributed by atoms with van der Waals surface area (Å²) in [6.07, 6.45) is 2.06. The summed E-state index contributed by atoms with van der Waals surface area (Å²) in [7, 11) is 0. The Bertz CT molecular complexity index is 1140. The van der Waals surface area contributed by atoms with Crippen molar-refractivity contribution in [3.8, 4) is 0 Å². The first-order valence-electron chi connectivity index (χ1n) is 12.1. The summed E-state index contributed by atoms with van der Waals surface area (Å²) in [5.41, 5.74) is 2.32. The number of aromatic amines is 1. The molecule has 2 aromatic carbocycles. The van der Waals surface area contributed by atoms with Crippen LogP contribution in [0.3, 0.4) is 0 Å². The number of hydrogen-bond acceptors (Lipinski definition) is 4. The number of nitrogens with one attached hydrogen (secondary N) is 2. The number of ether oxygens (including phenoxy) is 1. The zero-order valence-corrected chi connectivity index (χ0v) is 21.3. The van der Waals surface area contributed by atoms with Gasteiger partial charge in [-0.2, -0.15) is 0 Å². The first-order chi connectivity index (χ1) is 16.7. The van der Waals surface area contributed by atoms with Crippen LogP contribution in [0.15, 0.2) is 48.5 Å². The highest BCUT2D eigenvalue weighted by Gasteiger charge is 2.29. The third kappa shape index (κ3) is 6.98. The fourth-order valence-electron chi connectivity index (χ4n) is 4.49. The lowest BCUT2D eigenvalue weighted by Crippen LogP contribution is -2.45. The summed E-state index contributed by atoms with van der Waals surface area (Å²) >= 11 is 6.02. The van der Waals surface area contributed by atoms with Crippen molar-refractivity contribution in [2.75, 3.05) is 13.1 Å². The summed E-state index contributed by atoms with van der Waals surface area (Å²) in [6, 6.07) is 15.0. The molecule has 2 heterocycles. The summed E-state index contributed by atoms with van der Waals surface area (Å²) in [5.74, 6) is 1.10. The minimum absolute atomic E-state index is 0.0147. The zero-order chi connectivity index (χ0) is 25.0. The molecular weight excluding hydrogens is 464 g/mol. The normalized spacial score (nSPS) is 17.3. The molecule has 35 heavy (non-hydrogen) atoms. The van der Waals surface area contributed by atoms with E-state index in [9.17, 15) is 9.59 Å². The number of imidazole rings is 1. The Morgan fingerprint density at radius 3 is 2.66 bits per heavy atom. The number of H-pyrrole nitrogens is 1. The number of alkyl carbamates (subject to hydrolysis) is 1. The predicted molar refractivity (Wildman–Crippen MR) is 138 cm³/mol. The Kier molecular flexibility index (Phi) is 7.65. The molecule has 7 nitrogen and oxygen atoms in total. The number of carbonyl (C=O) groups excluding carboxylic acids is 2. The van der Waals surface area contributed by atoms with Gasteiger partial charge < -0.3 is 19.9 Å². The van der Waals surface area contributed by atoms with Crippen LogP contribution in [0.1, 0.15) is 57.3 Å². The summed E-state index contributed by atoms with van der Waals surface area (Å²) in [4.78, 5) is 35.9. The Morgan fingerprint density at radius 2 is 1.94 bits per heavy atom. The highest BCUT2D eigenvalue weighted by molar-refractivity contribution is 6.30. The average molecular weight is 497 g/mol. The van der Waals surface area contributed by atoms with Crippen LogP contribution in [0.2, 0.25) is 5.02 Å². The number of aromatic nitrogens is 2. The SMILES string of the molecule is CC(C)(C)OC(=O)NC(CC(=O)N1CCCC(c2nc3ccccc3[nH]2)C1)Cc1ccc(Cl)cc1. The molecule has 8 heteroatoms. The molecular formula is C27H33ClN4O3. The lowest BCUT2D eigenvalue weighted by molar-refractivity contribution is -0.132. The van der Waals surface area contributed by atoms with Crippen molar-refractivity contribution in [3.63, 3.8) is 0 Å². The molecule has 1 aliphatic heterocycles. The van der Waals surface area contributed by atoms with Gasteiger partial charge in [0, 0.05) is 36.5 Å². The molecule has 0 saturated carbocycles. The minimum atomic E-state index is -0.619. The van der Waals surface area contributed by atoms with Crippen LogP contribution < -0.4 is 5.32 Å². The molecule has 1 aliphatic rings. The summed E-state index contributed by atoms with van der Waals surface area (Å²) in [5, 5.41) is 3.55. The van der Waals surface area contributed by atoms with E-state index in [0.717, 1.165) is 35.3 Å². The van der Waals surface area contributed by atoms with Gasteiger partial charge in [-0.1, -0.05) is 35.9 Å². The number of piperidine rings is 1. The lowest BCUT2D eigenvalue weighted by atomic mass is 9.96. The van der Waals surface area contributed by atoms with Gasteiger partial charge in [-0.3, -0.25) is 4.79 Å². The highest BCUT2D eigenvalue weighted by Crippen LogP contribution is 2.27. The van der Waals surface area contributed by atoms with E-state index in [-0.39, 0.29) is 18.2 Å². The molecule has 3 aromatic rings. The van der Waals surface area contributed by atoms with E-state index in [4.69, 9.17) is 21.3 Å². The van der Waals surface area contributed by atoms with Crippen LogP contribution in [0, 0.1) is 0 Å². The number of fused-ring (bicyclic) bond motifs is 1. The van der Waals surface area contributed by atoms with Crippen LogP contribution in [0.4, 0.5) is 4.79 Å².